The number of nitrogens with zero attached hydrogens (tertiary/aromatic N) is 1. The van der Waals surface area contributed by atoms with Gasteiger partial charge in [0.2, 0.25) is 6.08 Å². The van der Waals surface area contributed by atoms with Gasteiger partial charge in [0, 0.05) is 6.07 Å². The van der Waals surface area contributed by atoms with Crippen LogP contribution in [-0.4, -0.2) is 25.8 Å². The van der Waals surface area contributed by atoms with E-state index in [4.69, 9.17) is 9.47 Å². The topological polar surface area (TPSA) is 47.9 Å². The first kappa shape index (κ1) is 11.3. The van der Waals surface area contributed by atoms with Crippen molar-refractivity contribution in [3.63, 3.8) is 0 Å². The second-order valence-corrected chi connectivity index (χ2v) is 2.73. The van der Waals surface area contributed by atoms with E-state index in [0.29, 0.717) is 25.5 Å². The average Bonchev–Trinajstić information content (AvgIpc) is 2.26. The fourth-order valence-corrected chi connectivity index (χ4v) is 1.08. The molecule has 0 heterocycles. The number of isocyanates is 1. The third kappa shape index (κ3) is 4.29. The minimum absolute atomic E-state index is 0.322. The number of benzene rings is 1. The van der Waals surface area contributed by atoms with Crippen LogP contribution in [0.15, 0.2) is 29.3 Å². The predicted octanol–water partition coefficient (Wildman–Crippen LogP) is 1.80. The monoisotopic (exact) mass is 207 g/mol. The highest BCUT2D eigenvalue weighted by Gasteiger charge is 1.96. The van der Waals surface area contributed by atoms with Crippen LogP contribution in [0, 0.1) is 0 Å². The molecule has 0 bridgehead atoms. The molecule has 0 unspecified atom stereocenters. The molecule has 0 N–H and O–H groups in total. The van der Waals surface area contributed by atoms with Crippen molar-refractivity contribution in [1.82, 2.24) is 0 Å². The Morgan fingerprint density at radius 1 is 1.33 bits per heavy atom. The summed E-state index contributed by atoms with van der Waals surface area (Å²) in [5, 5.41) is 0. The smallest absolute Gasteiger partial charge is 0.235 e. The number of ether oxygens (including phenoxy) is 2. The molecule has 0 atom stereocenters. The first-order valence-corrected chi connectivity index (χ1v) is 4.76. The highest BCUT2D eigenvalue weighted by atomic mass is 16.5. The molecule has 0 spiro atoms. The van der Waals surface area contributed by atoms with E-state index in [9.17, 15) is 4.79 Å². The van der Waals surface area contributed by atoms with E-state index < -0.39 is 0 Å². The van der Waals surface area contributed by atoms with Gasteiger partial charge in [0.25, 0.3) is 0 Å². The zero-order valence-corrected chi connectivity index (χ0v) is 8.60. The summed E-state index contributed by atoms with van der Waals surface area (Å²) in [6, 6.07) is 7.34. The van der Waals surface area contributed by atoms with Crippen LogP contribution in [0.3, 0.4) is 0 Å². The summed E-state index contributed by atoms with van der Waals surface area (Å²) in [6.07, 6.45) is 1.46. The zero-order valence-electron chi connectivity index (χ0n) is 8.60. The molecule has 0 aliphatic rings. The number of hydrogen-bond acceptors (Lipinski definition) is 4. The lowest BCUT2D eigenvalue weighted by atomic mass is 10.3. The summed E-state index contributed by atoms with van der Waals surface area (Å²) in [5.41, 5.74) is 0. The van der Waals surface area contributed by atoms with Crippen molar-refractivity contribution in [2.75, 3.05) is 19.8 Å². The van der Waals surface area contributed by atoms with E-state index in [0.717, 1.165) is 5.75 Å². The molecule has 0 saturated carbocycles. The maximum atomic E-state index is 9.79. The molecule has 0 fully saturated rings. The first-order valence-electron chi connectivity index (χ1n) is 4.76. The number of aliphatic imine (C=N–C) groups is 1. The van der Waals surface area contributed by atoms with E-state index in [-0.39, 0.29) is 0 Å². The lowest BCUT2D eigenvalue weighted by Gasteiger charge is -2.06. The number of rotatable bonds is 6. The molecule has 1 aromatic rings. The van der Waals surface area contributed by atoms with Crippen LogP contribution >= 0.6 is 0 Å². The molecule has 80 valence electrons. The fraction of sp³-hybridized carbons (Fsp3) is 0.364. The van der Waals surface area contributed by atoms with Gasteiger partial charge < -0.3 is 9.47 Å². The van der Waals surface area contributed by atoms with Gasteiger partial charge in [0.05, 0.1) is 13.2 Å². The van der Waals surface area contributed by atoms with Crippen LogP contribution in [0.4, 0.5) is 0 Å². The maximum absolute atomic E-state index is 9.79. The Morgan fingerprint density at radius 2 is 2.07 bits per heavy atom. The van der Waals surface area contributed by atoms with Crippen LogP contribution in [0.5, 0.6) is 11.5 Å². The summed E-state index contributed by atoms with van der Waals surface area (Å²) < 4.78 is 10.7. The molecule has 0 aromatic heterocycles. The maximum Gasteiger partial charge on any atom is 0.235 e. The third-order valence-corrected chi connectivity index (χ3v) is 1.65. The summed E-state index contributed by atoms with van der Waals surface area (Å²) in [7, 11) is 0. The van der Waals surface area contributed by atoms with Gasteiger partial charge in [-0.25, -0.2) is 9.79 Å². The molecule has 4 heteroatoms. The SMILES string of the molecule is CCOc1cccc(OCCN=C=O)c1. The van der Waals surface area contributed by atoms with Gasteiger partial charge in [-0.3, -0.25) is 0 Å². The Labute approximate surface area is 88.5 Å². The molecule has 1 aromatic carbocycles. The Hall–Kier alpha value is -1.80. The molecule has 0 radical (unpaired) electrons. The molecule has 0 aliphatic carbocycles. The Kier molecular flexibility index (Phi) is 4.98. The van der Waals surface area contributed by atoms with Gasteiger partial charge in [-0.1, -0.05) is 6.07 Å². The quantitative estimate of drug-likeness (QED) is 0.406. The van der Waals surface area contributed by atoms with E-state index >= 15 is 0 Å². The van der Waals surface area contributed by atoms with Crippen molar-refractivity contribution in [3.8, 4) is 11.5 Å². The molecule has 15 heavy (non-hydrogen) atoms. The van der Waals surface area contributed by atoms with Crippen molar-refractivity contribution in [2.45, 2.75) is 6.92 Å². The lowest BCUT2D eigenvalue weighted by Crippen LogP contribution is -2.01. The summed E-state index contributed by atoms with van der Waals surface area (Å²) >= 11 is 0. The zero-order chi connectivity index (χ0) is 10.9. The molecule has 0 aliphatic heterocycles. The van der Waals surface area contributed by atoms with Gasteiger partial charge in [-0.05, 0) is 19.1 Å². The molecular weight excluding hydrogens is 194 g/mol. The van der Waals surface area contributed by atoms with E-state index in [1.54, 1.807) is 6.07 Å². The lowest BCUT2D eigenvalue weighted by molar-refractivity contribution is 0.316. The Morgan fingerprint density at radius 3 is 2.73 bits per heavy atom. The van der Waals surface area contributed by atoms with Gasteiger partial charge in [-0.15, -0.1) is 0 Å². The van der Waals surface area contributed by atoms with Gasteiger partial charge in [0.15, 0.2) is 0 Å². The Balaban J connectivity index is 2.46. The standard InChI is InChI=1S/C11H13NO3/c1-2-14-10-4-3-5-11(8-10)15-7-6-12-9-13/h3-5,8H,2,6-7H2,1H3. The molecule has 1 rings (SSSR count). The Bertz CT molecular complexity index is 345. The highest BCUT2D eigenvalue weighted by molar-refractivity contribution is 5.33. The summed E-state index contributed by atoms with van der Waals surface area (Å²) in [6.45, 7) is 3.23. The van der Waals surface area contributed by atoms with E-state index in [1.165, 1.54) is 6.08 Å². The normalized spacial score (nSPS) is 9.13. The van der Waals surface area contributed by atoms with Crippen LogP contribution < -0.4 is 9.47 Å². The van der Waals surface area contributed by atoms with E-state index in [1.807, 2.05) is 25.1 Å². The average molecular weight is 207 g/mol. The van der Waals surface area contributed by atoms with Gasteiger partial charge >= 0.3 is 0 Å². The van der Waals surface area contributed by atoms with Crippen LogP contribution in [0.25, 0.3) is 0 Å². The minimum atomic E-state index is 0.322. The van der Waals surface area contributed by atoms with Crippen molar-refractivity contribution >= 4 is 6.08 Å². The van der Waals surface area contributed by atoms with Crippen molar-refractivity contribution in [1.29, 1.82) is 0 Å². The summed E-state index contributed by atoms with van der Waals surface area (Å²) in [5.74, 6) is 1.48. The second kappa shape index (κ2) is 6.62. The van der Waals surface area contributed by atoms with Crippen molar-refractivity contribution in [3.05, 3.63) is 24.3 Å². The minimum Gasteiger partial charge on any atom is -0.494 e. The van der Waals surface area contributed by atoms with Crippen LogP contribution in [0.2, 0.25) is 0 Å². The van der Waals surface area contributed by atoms with Crippen molar-refractivity contribution in [2.24, 2.45) is 4.99 Å². The largest absolute Gasteiger partial charge is 0.494 e. The highest BCUT2D eigenvalue weighted by Crippen LogP contribution is 2.19. The van der Waals surface area contributed by atoms with Crippen LogP contribution in [0.1, 0.15) is 6.92 Å². The molecular formula is C11H13NO3. The first-order chi connectivity index (χ1) is 7.36. The van der Waals surface area contributed by atoms with Gasteiger partial charge in [0.1, 0.15) is 18.1 Å². The number of carbonyl (C=O) groups excluding carboxylic acids is 1. The fourth-order valence-electron chi connectivity index (χ4n) is 1.08. The van der Waals surface area contributed by atoms with Gasteiger partial charge in [-0.2, -0.15) is 0 Å². The second-order valence-electron chi connectivity index (χ2n) is 2.73. The van der Waals surface area contributed by atoms with Crippen LogP contribution in [-0.2, 0) is 4.79 Å². The van der Waals surface area contributed by atoms with E-state index in [2.05, 4.69) is 4.99 Å². The number of hydrogen-bond donors (Lipinski definition) is 0. The molecule has 4 nitrogen and oxygen atoms in total. The molecule has 0 amide bonds. The molecule has 0 saturated heterocycles. The third-order valence-electron chi connectivity index (χ3n) is 1.65. The summed E-state index contributed by atoms with van der Waals surface area (Å²) in [4.78, 5) is 13.2. The predicted molar refractivity (Wildman–Crippen MR) is 56.1 cm³/mol. The van der Waals surface area contributed by atoms with Crippen molar-refractivity contribution < 1.29 is 14.3 Å².